The van der Waals surface area contributed by atoms with Crippen molar-refractivity contribution in [2.75, 3.05) is 0 Å². The average Bonchev–Trinajstić information content (AvgIpc) is 3.14. The van der Waals surface area contributed by atoms with Gasteiger partial charge in [-0.1, -0.05) is 22.8 Å². The van der Waals surface area contributed by atoms with Crippen LogP contribution in [0.4, 0.5) is 4.39 Å². The number of thioether (sulfide) groups is 1. The number of benzene rings is 1. The molecule has 32 heavy (non-hydrogen) atoms. The number of carboxylic acids is 1. The fourth-order valence-corrected chi connectivity index (χ4v) is 5.68. The number of carboxylic acid groups (broad SMARTS) is 1. The van der Waals surface area contributed by atoms with Crippen LogP contribution in [0.25, 0.3) is 11.3 Å². The zero-order valence-corrected chi connectivity index (χ0v) is 21.1. The average molecular weight is 494 g/mol. The topological polar surface area (TPSA) is 151 Å². The van der Waals surface area contributed by atoms with E-state index in [0.717, 1.165) is 0 Å². The van der Waals surface area contributed by atoms with Gasteiger partial charge in [0.15, 0.2) is 6.04 Å². The summed E-state index contributed by atoms with van der Waals surface area (Å²) in [5.74, 6) is -3.05. The van der Waals surface area contributed by atoms with Gasteiger partial charge in [-0.25, -0.2) is 9.18 Å². The number of aromatic nitrogens is 1. The van der Waals surface area contributed by atoms with Gasteiger partial charge in [0.2, 0.25) is 0 Å². The van der Waals surface area contributed by atoms with Crippen LogP contribution in [0, 0.1) is 12.7 Å². The molecule has 2 aromatic rings. The Morgan fingerprint density at radius 1 is 1.44 bits per heavy atom. The van der Waals surface area contributed by atoms with Crippen molar-refractivity contribution in [1.82, 2.24) is 10.1 Å². The molecule has 0 bridgehead atoms. The molecule has 1 amide bonds. The number of β-lactam (4-membered cyclic amide) rings is 1. The summed E-state index contributed by atoms with van der Waals surface area (Å²) >= 11 is 7.36. The maximum atomic E-state index is 14.3. The van der Waals surface area contributed by atoms with Crippen molar-refractivity contribution in [3.63, 3.8) is 0 Å². The van der Waals surface area contributed by atoms with Crippen LogP contribution >= 0.6 is 23.4 Å². The summed E-state index contributed by atoms with van der Waals surface area (Å²) in [4.78, 5) is 29.4. The monoisotopic (exact) mass is 493 g/mol. The van der Waals surface area contributed by atoms with E-state index in [2.05, 4.69) is 10.1 Å². The normalized spacial score (nSPS) is 23.7. The first kappa shape index (κ1) is 26.6. The number of nitrogens with zero attached hydrogens (tertiary/aromatic N) is 3. The predicted molar refractivity (Wildman–Crippen MR) is 109 cm³/mol. The van der Waals surface area contributed by atoms with Crippen molar-refractivity contribution in [2.45, 2.75) is 43.0 Å². The number of rotatable bonds is 4. The third-order valence-corrected chi connectivity index (χ3v) is 7.05. The van der Waals surface area contributed by atoms with E-state index in [1.807, 2.05) is 0 Å². The minimum atomic E-state index is -1.11. The number of amides is 1. The number of aliphatic imine (C=N–C) groups is 1. The van der Waals surface area contributed by atoms with Gasteiger partial charge in [-0.15, -0.1) is 11.8 Å². The summed E-state index contributed by atoms with van der Waals surface area (Å²) in [5.41, 5.74) is -0.292. The molecule has 3 N–H and O–H groups in total. The zero-order valence-electron chi connectivity index (χ0n) is 17.6. The Kier molecular flexibility index (Phi) is 7.75. The largest absolute Gasteiger partial charge is 1.00 e. The van der Waals surface area contributed by atoms with Gasteiger partial charge in [0.1, 0.15) is 28.7 Å². The summed E-state index contributed by atoms with van der Waals surface area (Å²) in [6.45, 7) is 4.92. The summed E-state index contributed by atoms with van der Waals surface area (Å²) in [6.07, 6.45) is 0. The number of fused-ring (bicyclic) bond motifs is 1. The maximum absolute atomic E-state index is 14.3. The zero-order chi connectivity index (χ0) is 22.0. The molecule has 4 rings (SSSR count). The maximum Gasteiger partial charge on any atom is 1.00 e. The Hall–Kier alpha value is -1.63. The number of aryl methyl sites for hydroxylation is 1. The number of carbonyl (C=O) groups is 2. The van der Waals surface area contributed by atoms with Crippen molar-refractivity contribution >= 4 is 41.1 Å². The molecule has 13 heteroatoms. The molecule has 0 unspecified atom stereocenters. The Morgan fingerprint density at radius 2 is 2.09 bits per heavy atom. The van der Waals surface area contributed by atoms with Crippen LogP contribution in [0.1, 0.15) is 25.2 Å². The molecule has 0 saturated carbocycles. The van der Waals surface area contributed by atoms with Crippen molar-refractivity contribution in [3.05, 3.63) is 40.4 Å². The van der Waals surface area contributed by atoms with Crippen LogP contribution in [0.3, 0.4) is 0 Å². The molecule has 2 fully saturated rings. The second-order valence-electron chi connectivity index (χ2n) is 7.54. The van der Waals surface area contributed by atoms with E-state index in [0.29, 0.717) is 0 Å². The van der Waals surface area contributed by atoms with Gasteiger partial charge in [-0.05, 0) is 38.8 Å². The minimum Gasteiger partial charge on any atom is -0.858 e. The first-order valence-electron chi connectivity index (χ1n) is 8.93. The van der Waals surface area contributed by atoms with Crippen LogP contribution in [0.2, 0.25) is 5.02 Å². The molecule has 2 aliphatic heterocycles. The minimum absolute atomic E-state index is 0. The van der Waals surface area contributed by atoms with Crippen LogP contribution in [-0.4, -0.2) is 60.6 Å². The number of hydrogen-bond donors (Lipinski definition) is 1. The Morgan fingerprint density at radius 3 is 2.69 bits per heavy atom. The van der Waals surface area contributed by atoms with Gasteiger partial charge < -0.3 is 25.1 Å². The molecular formula is C19H18ClFN3NaO6S. The molecule has 1 aromatic heterocycles. The number of halogens is 2. The van der Waals surface area contributed by atoms with Crippen LogP contribution in [0.15, 0.2) is 27.7 Å². The molecule has 9 nitrogen and oxygen atoms in total. The molecule has 0 radical (unpaired) electrons. The second-order valence-corrected chi connectivity index (χ2v) is 9.71. The van der Waals surface area contributed by atoms with Gasteiger partial charge >= 0.3 is 35.5 Å². The second kappa shape index (κ2) is 9.32. The third kappa shape index (κ3) is 4.06. The summed E-state index contributed by atoms with van der Waals surface area (Å²) in [5, 5.41) is 25.6. The van der Waals surface area contributed by atoms with E-state index in [-0.39, 0.29) is 62.6 Å². The van der Waals surface area contributed by atoms with E-state index < -0.39 is 45.8 Å². The Bertz CT molecular complexity index is 1090. The molecule has 0 spiro atoms. The van der Waals surface area contributed by atoms with E-state index >= 15 is 0 Å². The molecule has 166 valence electrons. The van der Waals surface area contributed by atoms with Gasteiger partial charge in [0, 0.05) is 4.75 Å². The number of hydrogen-bond acceptors (Lipinski definition) is 7. The fraction of sp³-hybridized carbons (Fsp3) is 0.368. The van der Waals surface area contributed by atoms with Gasteiger partial charge in [-0.2, -0.15) is 0 Å². The van der Waals surface area contributed by atoms with Gasteiger partial charge in [-0.3, -0.25) is 9.79 Å². The van der Waals surface area contributed by atoms with Crippen LogP contribution < -0.4 is 34.7 Å². The molecule has 2 saturated heterocycles. The van der Waals surface area contributed by atoms with Crippen molar-refractivity contribution in [3.8, 4) is 11.3 Å². The number of carbonyl (C=O) groups excluding carboxylic acids is 1. The van der Waals surface area contributed by atoms with Crippen molar-refractivity contribution < 1.29 is 63.7 Å². The molecular weight excluding hydrogens is 476 g/mol. The molecule has 0 aliphatic carbocycles. The quantitative estimate of drug-likeness (QED) is 0.229. The molecule has 2 aliphatic rings. The van der Waals surface area contributed by atoms with Crippen LogP contribution in [-0.2, 0) is 9.59 Å². The Balaban J connectivity index is 0.00000181. The van der Waals surface area contributed by atoms with E-state index in [4.69, 9.17) is 16.1 Å². The Labute approximate surface area is 213 Å². The van der Waals surface area contributed by atoms with E-state index in [1.54, 1.807) is 13.8 Å². The third-order valence-electron chi connectivity index (χ3n) is 5.18. The van der Waals surface area contributed by atoms with Crippen molar-refractivity contribution in [2.24, 2.45) is 4.99 Å². The van der Waals surface area contributed by atoms with E-state index in [9.17, 15) is 24.2 Å². The predicted octanol–water partition coefficient (Wildman–Crippen LogP) is -1.76. The molecule has 3 atom stereocenters. The summed E-state index contributed by atoms with van der Waals surface area (Å²) < 4.78 is 18.7. The fourth-order valence-electron chi connectivity index (χ4n) is 3.82. The first-order chi connectivity index (χ1) is 14.0. The first-order valence-corrected chi connectivity index (χ1v) is 10.2. The molecule has 3 heterocycles. The molecule has 1 aromatic carbocycles. The van der Waals surface area contributed by atoms with Crippen molar-refractivity contribution in [1.29, 1.82) is 0 Å². The van der Waals surface area contributed by atoms with Gasteiger partial charge in [0.25, 0.3) is 5.91 Å². The standard InChI is InChI=1S/C19H17ClFN3O5S.Na.H2O/c1-7-10(12(23-29-7)11-8(20)5-4-6-9(11)21)15(25)22-13-16(26)24-14(18(27)28)19(2,3)30-17(13)24;;/h4-6,13-14,17H,1-3H3,(H,22,25)(H,27,28);;1H2/q;+1;/p-1/t13-,14+,17-;;/m1../s1. The SMILES string of the molecule is Cc1onc(-c2c(F)cccc2Cl)c1C([O-])=N[C@@H]1C(=O)N2[C@@H]1SC(C)(C)[C@@H]2C(=O)O.O.[Na+]. The summed E-state index contributed by atoms with van der Waals surface area (Å²) in [7, 11) is 0. The van der Waals surface area contributed by atoms with E-state index in [1.165, 1.54) is 41.8 Å². The van der Waals surface area contributed by atoms with Gasteiger partial charge in [0.05, 0.1) is 16.1 Å². The summed E-state index contributed by atoms with van der Waals surface area (Å²) in [6, 6.07) is 2.00. The smallest absolute Gasteiger partial charge is 0.858 e. The number of aliphatic carboxylic acids is 1. The van der Waals surface area contributed by atoms with Crippen LogP contribution in [0.5, 0.6) is 0 Å².